The molecule has 0 saturated heterocycles. The maximum absolute atomic E-state index is 11.1. The molecule has 1 heterocycles. The van der Waals surface area contributed by atoms with Crippen molar-refractivity contribution >= 4 is 27.0 Å². The molecule has 4 nitrogen and oxygen atoms in total. The summed E-state index contributed by atoms with van der Waals surface area (Å²) >= 11 is 3.32. The van der Waals surface area contributed by atoms with Gasteiger partial charge in [0.05, 0.1) is 9.69 Å². The number of aromatic nitrogens is 3. The average Bonchev–Trinajstić information content (AvgIpc) is 2.42. The third-order valence-electron chi connectivity index (χ3n) is 1.77. The normalized spacial score (nSPS) is 10.8. The Morgan fingerprint density at radius 1 is 1.58 bits per heavy atom. The van der Waals surface area contributed by atoms with Gasteiger partial charge in [-0.25, -0.2) is 0 Å². The highest BCUT2D eigenvalue weighted by Gasteiger charge is 2.11. The molecular weight excluding hydrogens is 222 g/mol. The number of fused-ring (bicyclic) bond motifs is 1. The molecule has 0 aliphatic rings. The van der Waals surface area contributed by atoms with E-state index < -0.39 is 0 Å². The molecule has 1 aromatic heterocycles. The maximum atomic E-state index is 11.1. The monoisotopic (exact) mass is 227 g/mol. The lowest BCUT2D eigenvalue weighted by Gasteiger charge is -1.96. The minimum Gasteiger partial charge on any atom is -0.691 e. The van der Waals surface area contributed by atoms with Gasteiger partial charge in [-0.3, -0.25) is 0 Å². The number of H-pyrrole nitrogens is 1. The van der Waals surface area contributed by atoms with Crippen molar-refractivity contribution in [2.45, 2.75) is 6.92 Å². The van der Waals surface area contributed by atoms with Gasteiger partial charge in [-0.1, -0.05) is 6.07 Å². The fourth-order valence-electron chi connectivity index (χ4n) is 1.17. The summed E-state index contributed by atoms with van der Waals surface area (Å²) in [6.45, 7) is 1.87. The quantitative estimate of drug-likeness (QED) is 0.545. The molecule has 1 aromatic carbocycles. The Morgan fingerprint density at radius 2 is 2.33 bits per heavy atom. The second kappa shape index (κ2) is 2.45. The highest BCUT2D eigenvalue weighted by Crippen LogP contribution is 2.21. The fraction of sp³-hybridized carbons (Fsp3) is 0.143. The van der Waals surface area contributed by atoms with E-state index in [0.717, 1.165) is 15.6 Å². The summed E-state index contributed by atoms with van der Waals surface area (Å²) in [5, 5.41) is 17.3. The van der Waals surface area contributed by atoms with Gasteiger partial charge in [-0.15, -0.1) is 9.94 Å². The van der Waals surface area contributed by atoms with Gasteiger partial charge in [0.25, 0.3) is 0 Å². The Balaban J connectivity index is 2.98. The van der Waals surface area contributed by atoms with Crippen LogP contribution in [0.4, 0.5) is 0 Å². The summed E-state index contributed by atoms with van der Waals surface area (Å²) in [7, 11) is 0. The molecule has 1 N–H and O–H groups in total. The minimum atomic E-state index is 0.587. The molecule has 0 aliphatic heterocycles. The van der Waals surface area contributed by atoms with Crippen molar-refractivity contribution in [3.8, 4) is 0 Å². The van der Waals surface area contributed by atoms with Gasteiger partial charge in [-0.2, -0.15) is 0 Å². The maximum Gasteiger partial charge on any atom is 0.210 e. The SMILES string of the molecule is Cc1ccc(Br)c2[nH]n[n+]([O-])c12. The number of rotatable bonds is 0. The standard InChI is InChI=1S/C7H6BrN3O/c1-4-2-3-5(8)6-7(4)11(12)10-9-6/h2-3,9H,1H3. The van der Waals surface area contributed by atoms with Crippen LogP contribution in [0.25, 0.3) is 11.0 Å². The Kier molecular flexibility index (Phi) is 1.54. The van der Waals surface area contributed by atoms with Crippen LogP contribution in [0.1, 0.15) is 5.56 Å². The predicted octanol–water partition coefficient (Wildman–Crippen LogP) is 1.27. The third-order valence-corrected chi connectivity index (χ3v) is 2.43. The highest BCUT2D eigenvalue weighted by atomic mass is 79.9. The summed E-state index contributed by atoms with van der Waals surface area (Å²) in [5.74, 6) is 0. The Hall–Kier alpha value is -1.10. The largest absolute Gasteiger partial charge is 0.691 e. The van der Waals surface area contributed by atoms with Crippen LogP contribution in [0.2, 0.25) is 0 Å². The molecule has 0 radical (unpaired) electrons. The van der Waals surface area contributed by atoms with E-state index in [-0.39, 0.29) is 0 Å². The second-order valence-electron chi connectivity index (χ2n) is 2.57. The zero-order valence-electron chi connectivity index (χ0n) is 6.34. The number of hydrogen-bond donors (Lipinski definition) is 1. The topological polar surface area (TPSA) is 55.6 Å². The van der Waals surface area contributed by atoms with Crippen LogP contribution in [0.15, 0.2) is 16.6 Å². The number of aryl methyl sites for hydroxylation is 1. The highest BCUT2D eigenvalue weighted by molar-refractivity contribution is 9.10. The molecule has 2 rings (SSSR count). The average molecular weight is 228 g/mol. The van der Waals surface area contributed by atoms with Gasteiger partial charge in [0.2, 0.25) is 11.0 Å². The minimum absolute atomic E-state index is 0.587. The van der Waals surface area contributed by atoms with Crippen molar-refractivity contribution in [3.63, 3.8) is 0 Å². The van der Waals surface area contributed by atoms with E-state index in [1.807, 2.05) is 19.1 Å². The van der Waals surface area contributed by atoms with Crippen molar-refractivity contribution in [1.29, 1.82) is 0 Å². The van der Waals surface area contributed by atoms with Crippen molar-refractivity contribution in [2.75, 3.05) is 0 Å². The van der Waals surface area contributed by atoms with Gasteiger partial charge < -0.3 is 5.21 Å². The number of nitrogens with zero attached hydrogens (tertiary/aromatic N) is 2. The molecule has 0 aliphatic carbocycles. The van der Waals surface area contributed by atoms with Crippen LogP contribution in [0, 0.1) is 12.1 Å². The van der Waals surface area contributed by atoms with E-state index >= 15 is 0 Å². The fourth-order valence-corrected chi connectivity index (χ4v) is 1.58. The van der Waals surface area contributed by atoms with E-state index in [1.54, 1.807) is 0 Å². The molecule has 5 heteroatoms. The van der Waals surface area contributed by atoms with Gasteiger partial charge in [0.1, 0.15) is 0 Å². The van der Waals surface area contributed by atoms with E-state index in [1.165, 1.54) is 0 Å². The van der Waals surface area contributed by atoms with Gasteiger partial charge in [0.15, 0.2) is 0 Å². The van der Waals surface area contributed by atoms with E-state index in [2.05, 4.69) is 26.2 Å². The molecule has 0 amide bonds. The van der Waals surface area contributed by atoms with Gasteiger partial charge in [-0.05, 0) is 28.9 Å². The summed E-state index contributed by atoms with van der Waals surface area (Å²) < 4.78 is 0.852. The number of halogens is 1. The van der Waals surface area contributed by atoms with Crippen molar-refractivity contribution in [1.82, 2.24) is 10.3 Å². The first-order valence-electron chi connectivity index (χ1n) is 3.43. The Labute approximate surface area is 76.9 Å². The molecule has 0 saturated carbocycles. The number of hydrogen-bond acceptors (Lipinski definition) is 2. The molecule has 0 fully saturated rings. The van der Waals surface area contributed by atoms with Gasteiger partial charge in [0, 0.05) is 5.56 Å². The summed E-state index contributed by atoms with van der Waals surface area (Å²) in [5.41, 5.74) is 2.24. The van der Waals surface area contributed by atoms with E-state index in [9.17, 15) is 5.21 Å². The van der Waals surface area contributed by atoms with Crippen LogP contribution in [-0.4, -0.2) is 10.3 Å². The summed E-state index contributed by atoms with van der Waals surface area (Å²) in [4.78, 5) is 0.593. The molecular formula is C7H6BrN3O. The van der Waals surface area contributed by atoms with Crippen LogP contribution in [0.5, 0.6) is 0 Å². The molecule has 12 heavy (non-hydrogen) atoms. The first-order valence-corrected chi connectivity index (χ1v) is 4.22. The van der Waals surface area contributed by atoms with E-state index in [4.69, 9.17) is 0 Å². The first-order chi connectivity index (χ1) is 5.70. The van der Waals surface area contributed by atoms with Crippen LogP contribution >= 0.6 is 15.9 Å². The molecule has 0 spiro atoms. The molecule has 0 unspecified atom stereocenters. The van der Waals surface area contributed by atoms with Crippen LogP contribution < -0.4 is 4.85 Å². The second-order valence-corrected chi connectivity index (χ2v) is 3.43. The number of benzene rings is 1. The Bertz CT molecular complexity index is 437. The van der Waals surface area contributed by atoms with E-state index in [0.29, 0.717) is 10.4 Å². The first kappa shape index (κ1) is 7.54. The Morgan fingerprint density at radius 3 is 3.00 bits per heavy atom. The zero-order chi connectivity index (χ0) is 8.72. The number of nitrogens with one attached hydrogen (secondary N) is 1. The lowest BCUT2D eigenvalue weighted by Crippen LogP contribution is -2.28. The van der Waals surface area contributed by atoms with Crippen molar-refractivity contribution in [3.05, 3.63) is 27.4 Å². The predicted molar refractivity (Wildman–Crippen MR) is 47.5 cm³/mol. The zero-order valence-corrected chi connectivity index (χ0v) is 7.92. The van der Waals surface area contributed by atoms with Gasteiger partial charge >= 0.3 is 0 Å². The van der Waals surface area contributed by atoms with Crippen LogP contribution in [0.3, 0.4) is 0 Å². The summed E-state index contributed by atoms with van der Waals surface area (Å²) in [6, 6.07) is 3.76. The lowest BCUT2D eigenvalue weighted by atomic mass is 10.2. The van der Waals surface area contributed by atoms with Crippen molar-refractivity contribution < 1.29 is 4.85 Å². The smallest absolute Gasteiger partial charge is 0.210 e. The molecule has 2 aromatic rings. The molecule has 0 bridgehead atoms. The van der Waals surface area contributed by atoms with Crippen LogP contribution in [-0.2, 0) is 0 Å². The molecule has 62 valence electrons. The van der Waals surface area contributed by atoms with Crippen molar-refractivity contribution in [2.24, 2.45) is 0 Å². The lowest BCUT2D eigenvalue weighted by molar-refractivity contribution is -0.644. The molecule has 0 atom stereocenters. The summed E-state index contributed by atoms with van der Waals surface area (Å²) in [6.07, 6.45) is 0. The number of aromatic amines is 1. The third kappa shape index (κ3) is 0.896.